The van der Waals surface area contributed by atoms with Crippen molar-refractivity contribution < 1.29 is 4.79 Å². The van der Waals surface area contributed by atoms with Crippen molar-refractivity contribution in [3.05, 3.63) is 63.6 Å². The molecule has 0 aliphatic carbocycles. The van der Waals surface area contributed by atoms with E-state index < -0.39 is 0 Å². The highest BCUT2D eigenvalue weighted by molar-refractivity contribution is 9.10. The van der Waals surface area contributed by atoms with Crippen molar-refractivity contribution in [1.82, 2.24) is 10.2 Å². The lowest BCUT2D eigenvalue weighted by Crippen LogP contribution is -2.49. The zero-order valence-electron chi connectivity index (χ0n) is 13.9. The lowest BCUT2D eigenvalue weighted by Gasteiger charge is -2.35. The number of hydrogen-bond donors (Lipinski definition) is 1. The fraction of sp³-hybridized carbons (Fsp3) is 0.316. The van der Waals surface area contributed by atoms with Crippen molar-refractivity contribution in [2.75, 3.05) is 37.6 Å². The Morgan fingerprint density at radius 3 is 2.40 bits per heavy atom. The van der Waals surface area contributed by atoms with Crippen molar-refractivity contribution in [2.24, 2.45) is 0 Å². The maximum absolute atomic E-state index is 12.2. The van der Waals surface area contributed by atoms with Gasteiger partial charge in [0.05, 0.1) is 6.54 Å². The second kappa shape index (κ2) is 8.70. The van der Waals surface area contributed by atoms with Gasteiger partial charge in [-0.2, -0.15) is 0 Å². The minimum atomic E-state index is 0.0389. The van der Waals surface area contributed by atoms with Gasteiger partial charge in [0.1, 0.15) is 0 Å². The molecule has 0 radical (unpaired) electrons. The number of amides is 1. The maximum atomic E-state index is 12.2. The summed E-state index contributed by atoms with van der Waals surface area (Å²) in [5.74, 6) is 0.0389. The Bertz CT molecular complexity index is 715. The molecule has 2 aromatic rings. The fourth-order valence-electron chi connectivity index (χ4n) is 2.91. The van der Waals surface area contributed by atoms with Crippen molar-refractivity contribution >= 4 is 39.1 Å². The number of nitrogens with one attached hydrogen (secondary N) is 1. The third-order valence-electron chi connectivity index (χ3n) is 4.37. The van der Waals surface area contributed by atoms with E-state index in [1.807, 2.05) is 24.3 Å². The molecule has 1 saturated heterocycles. The van der Waals surface area contributed by atoms with E-state index >= 15 is 0 Å². The molecule has 1 aliphatic rings. The largest absolute Gasteiger partial charge is 0.369 e. The number of carbonyl (C=O) groups is 1. The van der Waals surface area contributed by atoms with Gasteiger partial charge in [0, 0.05) is 47.9 Å². The molecule has 6 heteroatoms. The average Bonchev–Trinajstić information content (AvgIpc) is 2.62. The molecule has 0 saturated carbocycles. The molecule has 1 aliphatic heterocycles. The molecule has 1 N–H and O–H groups in total. The number of nitrogens with zero attached hydrogens (tertiary/aromatic N) is 2. The van der Waals surface area contributed by atoms with Crippen LogP contribution < -0.4 is 10.2 Å². The number of carbonyl (C=O) groups excluding carboxylic acids is 1. The highest BCUT2D eigenvalue weighted by atomic mass is 79.9. The number of anilines is 1. The van der Waals surface area contributed by atoms with Crippen LogP contribution in [0, 0.1) is 0 Å². The van der Waals surface area contributed by atoms with Gasteiger partial charge in [0.2, 0.25) is 5.91 Å². The van der Waals surface area contributed by atoms with Crippen LogP contribution in [0.5, 0.6) is 0 Å². The van der Waals surface area contributed by atoms with Gasteiger partial charge in [0.15, 0.2) is 0 Å². The molecular formula is C19H21BrClN3O. The van der Waals surface area contributed by atoms with Gasteiger partial charge >= 0.3 is 0 Å². The first-order valence-electron chi connectivity index (χ1n) is 8.35. The topological polar surface area (TPSA) is 35.6 Å². The van der Waals surface area contributed by atoms with E-state index in [4.69, 9.17) is 11.6 Å². The fourth-order valence-corrected chi connectivity index (χ4v) is 3.38. The van der Waals surface area contributed by atoms with Crippen LogP contribution in [0.4, 0.5) is 5.69 Å². The maximum Gasteiger partial charge on any atom is 0.234 e. The minimum absolute atomic E-state index is 0.0389. The molecule has 2 aromatic carbocycles. The summed E-state index contributed by atoms with van der Waals surface area (Å²) in [7, 11) is 0. The van der Waals surface area contributed by atoms with Gasteiger partial charge in [-0.3, -0.25) is 9.69 Å². The number of rotatable bonds is 5. The number of hydrogen-bond acceptors (Lipinski definition) is 3. The molecule has 1 amide bonds. The first kappa shape index (κ1) is 18.2. The quantitative estimate of drug-likeness (QED) is 0.800. The van der Waals surface area contributed by atoms with E-state index in [1.165, 1.54) is 5.69 Å². The number of piperazine rings is 1. The van der Waals surface area contributed by atoms with Gasteiger partial charge in [-0.1, -0.05) is 45.7 Å². The summed E-state index contributed by atoms with van der Waals surface area (Å²) in [4.78, 5) is 16.7. The Hall–Kier alpha value is -1.56. The summed E-state index contributed by atoms with van der Waals surface area (Å²) in [6, 6.07) is 15.9. The van der Waals surface area contributed by atoms with E-state index in [9.17, 15) is 4.79 Å². The van der Waals surface area contributed by atoms with Crippen LogP contribution >= 0.6 is 27.5 Å². The average molecular weight is 423 g/mol. The smallest absolute Gasteiger partial charge is 0.234 e. The summed E-state index contributed by atoms with van der Waals surface area (Å²) < 4.78 is 1.09. The van der Waals surface area contributed by atoms with Gasteiger partial charge < -0.3 is 10.2 Å². The normalized spacial score (nSPS) is 15.2. The molecule has 3 rings (SSSR count). The number of halogens is 2. The van der Waals surface area contributed by atoms with Crippen LogP contribution in [0.3, 0.4) is 0 Å². The van der Waals surface area contributed by atoms with E-state index in [0.717, 1.165) is 36.2 Å². The second-order valence-corrected chi connectivity index (χ2v) is 7.43. The molecule has 132 valence electrons. The van der Waals surface area contributed by atoms with E-state index in [2.05, 4.69) is 55.3 Å². The van der Waals surface area contributed by atoms with Crippen molar-refractivity contribution in [3.63, 3.8) is 0 Å². The molecule has 0 spiro atoms. The third-order valence-corrected chi connectivity index (χ3v) is 5.26. The van der Waals surface area contributed by atoms with Gasteiger partial charge in [-0.15, -0.1) is 0 Å². The predicted molar refractivity (Wildman–Crippen MR) is 106 cm³/mol. The van der Waals surface area contributed by atoms with Gasteiger partial charge in [0.25, 0.3) is 0 Å². The summed E-state index contributed by atoms with van der Waals surface area (Å²) in [5.41, 5.74) is 2.17. The molecule has 0 aromatic heterocycles. The van der Waals surface area contributed by atoms with Crippen LogP contribution in [0.15, 0.2) is 53.0 Å². The third kappa shape index (κ3) is 5.21. The van der Waals surface area contributed by atoms with Crippen molar-refractivity contribution in [3.8, 4) is 0 Å². The van der Waals surface area contributed by atoms with Crippen LogP contribution in [-0.4, -0.2) is 43.5 Å². The first-order chi connectivity index (χ1) is 12.1. The molecule has 0 bridgehead atoms. The highest BCUT2D eigenvalue weighted by Gasteiger charge is 2.19. The Labute approximate surface area is 161 Å². The Morgan fingerprint density at radius 2 is 1.72 bits per heavy atom. The van der Waals surface area contributed by atoms with Crippen molar-refractivity contribution in [1.29, 1.82) is 0 Å². The van der Waals surface area contributed by atoms with Gasteiger partial charge in [-0.25, -0.2) is 0 Å². The standard InChI is InChI=1S/C19H21BrClN3O/c20-16-5-7-17(8-6-16)24-11-9-23(10-12-24)14-19(25)22-13-15-3-1-2-4-18(15)21/h1-8H,9-14H2,(H,22,25). The van der Waals surface area contributed by atoms with Crippen LogP contribution in [0.2, 0.25) is 5.02 Å². The second-order valence-electron chi connectivity index (χ2n) is 6.11. The Balaban J connectivity index is 1.43. The summed E-state index contributed by atoms with van der Waals surface area (Å²) in [6.45, 7) is 4.53. The summed E-state index contributed by atoms with van der Waals surface area (Å²) in [6.07, 6.45) is 0. The first-order valence-corrected chi connectivity index (χ1v) is 9.52. The van der Waals surface area contributed by atoms with Crippen LogP contribution in [0.1, 0.15) is 5.56 Å². The molecule has 0 unspecified atom stereocenters. The molecule has 1 fully saturated rings. The summed E-state index contributed by atoms with van der Waals surface area (Å²) in [5, 5.41) is 3.64. The SMILES string of the molecule is O=C(CN1CCN(c2ccc(Br)cc2)CC1)NCc1ccccc1Cl. The highest BCUT2D eigenvalue weighted by Crippen LogP contribution is 2.19. The van der Waals surface area contributed by atoms with E-state index in [1.54, 1.807) is 0 Å². The lowest BCUT2D eigenvalue weighted by molar-refractivity contribution is -0.122. The molecule has 0 atom stereocenters. The monoisotopic (exact) mass is 421 g/mol. The van der Waals surface area contributed by atoms with E-state index in [-0.39, 0.29) is 5.91 Å². The predicted octanol–water partition coefficient (Wildman–Crippen LogP) is 3.54. The summed E-state index contributed by atoms with van der Waals surface area (Å²) >= 11 is 9.58. The Kier molecular flexibility index (Phi) is 6.34. The zero-order chi connectivity index (χ0) is 17.6. The molecule has 25 heavy (non-hydrogen) atoms. The zero-order valence-corrected chi connectivity index (χ0v) is 16.3. The van der Waals surface area contributed by atoms with Crippen molar-refractivity contribution in [2.45, 2.75) is 6.54 Å². The lowest BCUT2D eigenvalue weighted by atomic mass is 10.2. The van der Waals surface area contributed by atoms with Crippen LogP contribution in [-0.2, 0) is 11.3 Å². The van der Waals surface area contributed by atoms with Crippen LogP contribution in [0.25, 0.3) is 0 Å². The molecule has 4 nitrogen and oxygen atoms in total. The van der Waals surface area contributed by atoms with E-state index in [0.29, 0.717) is 18.1 Å². The molecule has 1 heterocycles. The Morgan fingerprint density at radius 1 is 1.04 bits per heavy atom. The number of benzene rings is 2. The molecular weight excluding hydrogens is 402 g/mol. The van der Waals surface area contributed by atoms with Gasteiger partial charge in [-0.05, 0) is 35.9 Å². The minimum Gasteiger partial charge on any atom is -0.369 e.